The summed E-state index contributed by atoms with van der Waals surface area (Å²) in [6.45, 7) is 0.814. The van der Waals surface area contributed by atoms with E-state index in [1.165, 1.54) is 4.88 Å². The minimum Gasteiger partial charge on any atom is -0.354 e. The van der Waals surface area contributed by atoms with E-state index >= 15 is 0 Å². The molecule has 0 aliphatic heterocycles. The van der Waals surface area contributed by atoms with Crippen molar-refractivity contribution < 1.29 is 0 Å². The van der Waals surface area contributed by atoms with E-state index in [0.29, 0.717) is 0 Å². The van der Waals surface area contributed by atoms with Crippen LogP contribution in [0.2, 0.25) is 0 Å². The van der Waals surface area contributed by atoms with Crippen LogP contribution in [0, 0.1) is 0 Å². The number of halogens is 1. The maximum absolute atomic E-state index is 4.19. The van der Waals surface area contributed by atoms with E-state index < -0.39 is 0 Å². The molecular weight excluding hydrogens is 276 g/mol. The molecule has 0 radical (unpaired) electrons. The van der Waals surface area contributed by atoms with Crippen molar-refractivity contribution in [1.29, 1.82) is 0 Å². The highest BCUT2D eigenvalue weighted by Crippen LogP contribution is 2.16. The van der Waals surface area contributed by atoms with Crippen molar-refractivity contribution in [1.82, 2.24) is 15.0 Å². The Kier molecular flexibility index (Phi) is 3.27. The maximum atomic E-state index is 4.19. The molecule has 15 heavy (non-hydrogen) atoms. The van der Waals surface area contributed by atoms with Gasteiger partial charge >= 0.3 is 0 Å². The Labute approximate surface area is 100 Å². The molecule has 0 aliphatic carbocycles. The molecule has 0 bridgehead atoms. The van der Waals surface area contributed by atoms with E-state index in [1.54, 1.807) is 17.7 Å². The first kappa shape index (κ1) is 10.5. The van der Waals surface area contributed by atoms with E-state index in [4.69, 9.17) is 0 Å². The fourth-order valence-electron chi connectivity index (χ4n) is 1.17. The molecule has 4 nitrogen and oxygen atoms in total. The van der Waals surface area contributed by atoms with Crippen LogP contribution in [0.5, 0.6) is 0 Å². The molecule has 0 N–H and O–H groups in total. The fraction of sp³-hybridized carbons (Fsp3) is 0.222. The first-order valence-electron chi connectivity index (χ1n) is 4.32. The summed E-state index contributed by atoms with van der Waals surface area (Å²) in [4.78, 5) is 15.5. The second-order valence-electron chi connectivity index (χ2n) is 3.02. The van der Waals surface area contributed by atoms with E-state index in [2.05, 4.69) is 35.8 Å². The van der Waals surface area contributed by atoms with E-state index in [-0.39, 0.29) is 0 Å². The molecule has 0 aromatic carbocycles. The van der Waals surface area contributed by atoms with Crippen molar-refractivity contribution in [2.24, 2.45) is 0 Å². The number of nitrogens with zero attached hydrogens (tertiary/aromatic N) is 4. The van der Waals surface area contributed by atoms with Gasteiger partial charge in [-0.2, -0.15) is 0 Å². The fourth-order valence-corrected chi connectivity index (χ4v) is 2.11. The highest BCUT2D eigenvalue weighted by atomic mass is 79.9. The predicted octanol–water partition coefficient (Wildman–Crippen LogP) is 2.33. The Hall–Kier alpha value is -1.01. The third kappa shape index (κ3) is 2.73. The van der Waals surface area contributed by atoms with Crippen molar-refractivity contribution in [2.75, 3.05) is 11.9 Å². The number of hydrogen-bond donors (Lipinski definition) is 0. The van der Waals surface area contributed by atoms with E-state index in [0.717, 1.165) is 17.0 Å². The van der Waals surface area contributed by atoms with E-state index in [9.17, 15) is 0 Å². The topological polar surface area (TPSA) is 41.9 Å². The number of aromatic nitrogens is 3. The Morgan fingerprint density at radius 3 is 3.00 bits per heavy atom. The molecule has 2 rings (SSSR count). The molecule has 0 saturated carbocycles. The van der Waals surface area contributed by atoms with Crippen LogP contribution in [0.3, 0.4) is 0 Å². The average molecular weight is 285 g/mol. The summed E-state index contributed by atoms with van der Waals surface area (Å²) >= 11 is 4.96. The van der Waals surface area contributed by atoms with Crippen molar-refractivity contribution in [3.63, 3.8) is 0 Å². The molecule has 0 atom stereocenters. The lowest BCUT2D eigenvalue weighted by molar-refractivity contribution is 0.899. The standard InChI is InChI=1S/C9H9BrN4S/c1-14(4-7-3-11-6-15-7)9-2-8(10)12-5-13-9/h2-3,5-6H,4H2,1H3. The molecule has 0 spiro atoms. The predicted molar refractivity (Wildman–Crippen MR) is 64.0 cm³/mol. The van der Waals surface area contributed by atoms with Crippen molar-refractivity contribution >= 4 is 33.1 Å². The maximum Gasteiger partial charge on any atom is 0.133 e. The number of thiazole rings is 1. The molecule has 2 heterocycles. The Bertz CT molecular complexity index is 431. The van der Waals surface area contributed by atoms with Crippen LogP contribution in [0.1, 0.15) is 4.88 Å². The third-order valence-electron chi connectivity index (χ3n) is 1.89. The minimum absolute atomic E-state index is 0.795. The lowest BCUT2D eigenvalue weighted by atomic mass is 10.4. The Morgan fingerprint density at radius 1 is 1.47 bits per heavy atom. The lowest BCUT2D eigenvalue weighted by Crippen LogP contribution is -2.16. The molecule has 2 aromatic rings. The van der Waals surface area contributed by atoms with Crippen LogP contribution in [0.4, 0.5) is 5.82 Å². The zero-order chi connectivity index (χ0) is 10.7. The third-order valence-corrected chi connectivity index (χ3v) is 3.08. The van der Waals surface area contributed by atoms with Gasteiger partial charge in [0, 0.05) is 24.2 Å². The van der Waals surface area contributed by atoms with Crippen molar-refractivity contribution in [3.05, 3.63) is 33.6 Å². The van der Waals surface area contributed by atoms with Crippen LogP contribution in [-0.2, 0) is 6.54 Å². The first-order valence-corrected chi connectivity index (χ1v) is 5.99. The summed E-state index contributed by atoms with van der Waals surface area (Å²) in [7, 11) is 1.99. The zero-order valence-corrected chi connectivity index (χ0v) is 10.5. The van der Waals surface area contributed by atoms with Crippen LogP contribution in [0.15, 0.2) is 28.7 Å². The number of rotatable bonds is 3. The van der Waals surface area contributed by atoms with Gasteiger partial charge in [0.05, 0.1) is 12.1 Å². The van der Waals surface area contributed by atoms with Crippen LogP contribution >= 0.6 is 27.3 Å². The highest BCUT2D eigenvalue weighted by Gasteiger charge is 2.05. The largest absolute Gasteiger partial charge is 0.354 e. The summed E-state index contributed by atoms with van der Waals surface area (Å²) in [5.74, 6) is 0.894. The molecule has 6 heteroatoms. The Balaban J connectivity index is 2.11. The summed E-state index contributed by atoms with van der Waals surface area (Å²) in [5, 5.41) is 0. The average Bonchev–Trinajstić information content (AvgIpc) is 2.70. The molecular formula is C9H9BrN4S. The van der Waals surface area contributed by atoms with Gasteiger partial charge in [0.2, 0.25) is 0 Å². The van der Waals surface area contributed by atoms with E-state index in [1.807, 2.05) is 24.8 Å². The van der Waals surface area contributed by atoms with Gasteiger partial charge < -0.3 is 4.90 Å². The van der Waals surface area contributed by atoms with Gasteiger partial charge in [-0.1, -0.05) is 0 Å². The zero-order valence-electron chi connectivity index (χ0n) is 8.09. The van der Waals surface area contributed by atoms with Gasteiger partial charge in [0.15, 0.2) is 0 Å². The van der Waals surface area contributed by atoms with Gasteiger partial charge in [-0.3, -0.25) is 4.98 Å². The van der Waals surface area contributed by atoms with Gasteiger partial charge in [-0.25, -0.2) is 9.97 Å². The highest BCUT2D eigenvalue weighted by molar-refractivity contribution is 9.10. The summed E-state index contributed by atoms with van der Waals surface area (Å²) in [6.07, 6.45) is 3.42. The molecule has 0 saturated heterocycles. The number of anilines is 1. The second-order valence-corrected chi connectivity index (χ2v) is 4.81. The quantitative estimate of drug-likeness (QED) is 0.812. The monoisotopic (exact) mass is 284 g/mol. The second kappa shape index (κ2) is 4.67. The lowest BCUT2D eigenvalue weighted by Gasteiger charge is -2.16. The van der Waals surface area contributed by atoms with Crippen LogP contribution in [0.25, 0.3) is 0 Å². The van der Waals surface area contributed by atoms with Crippen LogP contribution in [-0.4, -0.2) is 22.0 Å². The molecule has 0 fully saturated rings. The summed E-state index contributed by atoms with van der Waals surface area (Å²) in [5.41, 5.74) is 1.83. The summed E-state index contributed by atoms with van der Waals surface area (Å²) < 4.78 is 0.795. The smallest absolute Gasteiger partial charge is 0.133 e. The first-order chi connectivity index (χ1) is 7.25. The van der Waals surface area contributed by atoms with Gasteiger partial charge in [0.1, 0.15) is 16.7 Å². The Morgan fingerprint density at radius 2 is 2.33 bits per heavy atom. The SMILES string of the molecule is CN(Cc1cncs1)c1cc(Br)ncn1. The molecule has 0 aliphatic rings. The van der Waals surface area contributed by atoms with Crippen molar-refractivity contribution in [2.45, 2.75) is 6.54 Å². The van der Waals surface area contributed by atoms with Crippen LogP contribution < -0.4 is 4.90 Å². The molecule has 0 unspecified atom stereocenters. The molecule has 78 valence electrons. The van der Waals surface area contributed by atoms with Gasteiger partial charge in [-0.05, 0) is 15.9 Å². The molecule has 0 amide bonds. The minimum atomic E-state index is 0.795. The van der Waals surface area contributed by atoms with Gasteiger partial charge in [0.25, 0.3) is 0 Å². The molecule has 2 aromatic heterocycles. The van der Waals surface area contributed by atoms with Gasteiger partial charge in [-0.15, -0.1) is 11.3 Å². The summed E-state index contributed by atoms with van der Waals surface area (Å²) in [6, 6.07) is 1.89. The number of hydrogen-bond acceptors (Lipinski definition) is 5. The normalized spacial score (nSPS) is 10.3. The van der Waals surface area contributed by atoms with Crippen molar-refractivity contribution in [3.8, 4) is 0 Å².